The van der Waals surface area contributed by atoms with Crippen LogP contribution in [-0.4, -0.2) is 17.2 Å². The minimum Gasteiger partial charge on any atom is -0.284 e. The second-order valence-electron chi connectivity index (χ2n) is 12.3. The van der Waals surface area contributed by atoms with Gasteiger partial charge in [0.15, 0.2) is 0 Å². The first-order chi connectivity index (χ1) is 24.2. The highest BCUT2D eigenvalue weighted by molar-refractivity contribution is 7.25. The van der Waals surface area contributed by atoms with Crippen molar-refractivity contribution in [2.45, 2.75) is 6.42 Å². The summed E-state index contributed by atoms with van der Waals surface area (Å²) in [6.45, 7) is 0.641. The van der Waals surface area contributed by atoms with Crippen LogP contribution in [0.2, 0.25) is 0 Å². The van der Waals surface area contributed by atoms with E-state index in [-0.39, 0.29) is 0 Å². The van der Waals surface area contributed by atoms with E-state index in [1.165, 1.54) is 52.8 Å². The van der Waals surface area contributed by atoms with Crippen LogP contribution in [0.15, 0.2) is 144 Å². The SMILES string of the molecule is N#CC1=CC(c2ccc(-c3c4ccccc4c(-c4ccc(-c5cc(C#N)ccn5)cc4)c4cc5c(cc34)sc3ccccc35)cc2)=NCC1. The van der Waals surface area contributed by atoms with Crippen LogP contribution in [0.5, 0.6) is 0 Å². The van der Waals surface area contributed by atoms with Crippen molar-refractivity contribution < 1.29 is 0 Å². The van der Waals surface area contributed by atoms with E-state index in [1.54, 1.807) is 12.3 Å². The Hall–Kier alpha value is -6.40. The molecule has 4 nitrogen and oxygen atoms in total. The Balaban J connectivity index is 1.30. The number of fused-ring (bicyclic) bond motifs is 5. The molecule has 49 heavy (non-hydrogen) atoms. The fraction of sp³-hybridized carbons (Fsp3) is 0.0455. The lowest BCUT2D eigenvalue weighted by atomic mass is 9.85. The van der Waals surface area contributed by atoms with Gasteiger partial charge >= 0.3 is 0 Å². The molecule has 0 saturated heterocycles. The molecule has 1 aliphatic rings. The van der Waals surface area contributed by atoms with Gasteiger partial charge in [-0.2, -0.15) is 10.5 Å². The predicted octanol–water partition coefficient (Wildman–Crippen LogP) is 11.3. The number of aromatic nitrogens is 1. The van der Waals surface area contributed by atoms with E-state index in [0.29, 0.717) is 18.5 Å². The Morgan fingerprint density at radius 2 is 1.18 bits per heavy atom. The van der Waals surface area contributed by atoms with Crippen molar-refractivity contribution in [3.05, 3.63) is 150 Å². The van der Waals surface area contributed by atoms with Crippen LogP contribution >= 0.6 is 11.3 Å². The normalized spacial score (nSPS) is 12.9. The van der Waals surface area contributed by atoms with Crippen LogP contribution < -0.4 is 0 Å². The summed E-state index contributed by atoms with van der Waals surface area (Å²) in [5.74, 6) is 0. The molecule has 3 heterocycles. The number of thiophene rings is 1. The van der Waals surface area contributed by atoms with E-state index < -0.39 is 0 Å². The monoisotopic (exact) mass is 642 g/mol. The zero-order chi connectivity index (χ0) is 32.9. The maximum atomic E-state index is 9.48. The number of rotatable bonds is 4. The second kappa shape index (κ2) is 11.7. The smallest absolute Gasteiger partial charge is 0.0992 e. The van der Waals surface area contributed by atoms with E-state index in [4.69, 9.17) is 4.99 Å². The third-order valence-electron chi connectivity index (χ3n) is 9.47. The quantitative estimate of drug-likeness (QED) is 0.179. The van der Waals surface area contributed by atoms with Gasteiger partial charge in [-0.1, -0.05) is 91.0 Å². The predicted molar refractivity (Wildman–Crippen MR) is 203 cm³/mol. The molecule has 2 aromatic heterocycles. The van der Waals surface area contributed by atoms with Crippen molar-refractivity contribution in [1.82, 2.24) is 4.98 Å². The van der Waals surface area contributed by atoms with Crippen LogP contribution in [0.25, 0.3) is 75.2 Å². The van der Waals surface area contributed by atoms with Gasteiger partial charge in [0.1, 0.15) is 0 Å². The summed E-state index contributed by atoms with van der Waals surface area (Å²) in [5, 5.41) is 26.2. The third-order valence-corrected chi connectivity index (χ3v) is 10.6. The molecule has 0 atom stereocenters. The number of allylic oxidation sites excluding steroid dienone is 1. The Labute approximate surface area is 287 Å². The average Bonchev–Trinajstić information content (AvgIpc) is 3.54. The molecule has 1 aliphatic heterocycles. The van der Waals surface area contributed by atoms with Gasteiger partial charge in [0.2, 0.25) is 0 Å². The standard InChI is InChI=1S/C44H26N4S/c45-25-27-17-19-47-39(21-27)29-9-13-31(14-10-29)43-34-6-1-2-7-35(34)44(32-15-11-30(12-16-32)40-22-28(26-46)18-20-48-40)38-24-42-36(23-37(38)43)33-5-3-4-8-41(33)49-42/h1-17,19,21-24H,18,20H2. The van der Waals surface area contributed by atoms with E-state index in [2.05, 4.69) is 126 Å². The molecule has 9 rings (SSSR count). The highest BCUT2D eigenvalue weighted by Crippen LogP contribution is 2.47. The van der Waals surface area contributed by atoms with Crippen LogP contribution in [0.1, 0.15) is 17.5 Å². The van der Waals surface area contributed by atoms with Crippen molar-refractivity contribution in [2.24, 2.45) is 4.99 Å². The summed E-state index contributed by atoms with van der Waals surface area (Å²) in [5.41, 5.74) is 9.65. The molecular weight excluding hydrogens is 617 g/mol. The lowest BCUT2D eigenvalue weighted by molar-refractivity contribution is 0.962. The second-order valence-corrected chi connectivity index (χ2v) is 13.4. The fourth-order valence-electron chi connectivity index (χ4n) is 7.13. The highest BCUT2D eigenvalue weighted by atomic mass is 32.1. The topological polar surface area (TPSA) is 72.8 Å². The molecule has 0 aliphatic carbocycles. The van der Waals surface area contributed by atoms with Gasteiger partial charge < -0.3 is 0 Å². The Kier molecular flexibility index (Phi) is 6.87. The van der Waals surface area contributed by atoms with E-state index in [0.717, 1.165) is 39.2 Å². The lowest BCUT2D eigenvalue weighted by Gasteiger charge is -2.19. The first-order valence-electron chi connectivity index (χ1n) is 16.2. The van der Waals surface area contributed by atoms with Crippen LogP contribution in [-0.2, 0) is 0 Å². The first kappa shape index (κ1) is 28.8. The summed E-state index contributed by atoms with van der Waals surface area (Å²) in [6.07, 6.45) is 4.30. The molecule has 6 aromatic carbocycles. The van der Waals surface area contributed by atoms with Crippen molar-refractivity contribution in [1.29, 1.82) is 10.5 Å². The van der Waals surface area contributed by atoms with E-state index >= 15 is 0 Å². The van der Waals surface area contributed by atoms with Crippen molar-refractivity contribution in [3.63, 3.8) is 0 Å². The number of nitrogens with zero attached hydrogens (tertiary/aromatic N) is 4. The minimum absolute atomic E-state index is 0.594. The van der Waals surface area contributed by atoms with Gasteiger partial charge in [0.05, 0.1) is 29.1 Å². The van der Waals surface area contributed by atoms with E-state index in [1.807, 2.05) is 23.5 Å². The Morgan fingerprint density at radius 1 is 0.551 bits per heavy atom. The van der Waals surface area contributed by atoms with Gasteiger partial charge in [-0.25, -0.2) is 0 Å². The largest absolute Gasteiger partial charge is 0.284 e. The summed E-state index contributed by atoms with van der Waals surface area (Å²) in [6, 6.07) is 47.4. The number of aliphatic imine (C=N–C) groups is 1. The molecule has 0 amide bonds. The van der Waals surface area contributed by atoms with Crippen LogP contribution in [0.4, 0.5) is 0 Å². The van der Waals surface area contributed by atoms with Crippen molar-refractivity contribution in [3.8, 4) is 45.6 Å². The van der Waals surface area contributed by atoms with Gasteiger partial charge in [0.25, 0.3) is 0 Å². The molecule has 0 saturated carbocycles. The van der Waals surface area contributed by atoms with Crippen LogP contribution in [0, 0.1) is 22.7 Å². The lowest BCUT2D eigenvalue weighted by Crippen LogP contribution is -2.05. The molecule has 0 N–H and O–H groups in total. The zero-order valence-electron chi connectivity index (χ0n) is 26.3. The maximum Gasteiger partial charge on any atom is 0.0992 e. The Morgan fingerprint density at radius 3 is 1.88 bits per heavy atom. The van der Waals surface area contributed by atoms with Gasteiger partial charge in [0, 0.05) is 50.5 Å². The number of hydrogen-bond acceptors (Lipinski definition) is 5. The minimum atomic E-state index is 0.594. The molecule has 0 fully saturated rings. The molecule has 228 valence electrons. The number of benzene rings is 6. The molecular formula is C44H26N4S. The third kappa shape index (κ3) is 4.88. The zero-order valence-corrected chi connectivity index (χ0v) is 27.1. The van der Waals surface area contributed by atoms with Gasteiger partial charge in [-0.05, 0) is 85.8 Å². The van der Waals surface area contributed by atoms with Crippen molar-refractivity contribution in [2.75, 3.05) is 6.54 Å². The molecule has 0 radical (unpaired) electrons. The number of dihydropyridines is 1. The first-order valence-corrected chi connectivity index (χ1v) is 17.0. The summed E-state index contributed by atoms with van der Waals surface area (Å²) < 4.78 is 2.54. The highest BCUT2D eigenvalue weighted by Gasteiger charge is 2.19. The van der Waals surface area contributed by atoms with Gasteiger partial charge in [-0.15, -0.1) is 11.3 Å². The average molecular weight is 643 g/mol. The van der Waals surface area contributed by atoms with Crippen LogP contribution in [0.3, 0.4) is 0 Å². The number of nitriles is 2. The summed E-state index contributed by atoms with van der Waals surface area (Å²) in [4.78, 5) is 9.24. The molecule has 5 heteroatoms. The Bertz CT molecular complexity index is 2770. The van der Waals surface area contributed by atoms with E-state index in [9.17, 15) is 10.5 Å². The maximum absolute atomic E-state index is 9.48. The number of hydrogen-bond donors (Lipinski definition) is 0. The molecule has 0 bridgehead atoms. The molecule has 8 aromatic rings. The summed E-state index contributed by atoms with van der Waals surface area (Å²) in [7, 11) is 0. The number of pyridine rings is 1. The molecule has 0 unspecified atom stereocenters. The van der Waals surface area contributed by atoms with Crippen molar-refractivity contribution >= 4 is 58.8 Å². The fourth-order valence-corrected chi connectivity index (χ4v) is 8.26. The molecule has 0 spiro atoms. The summed E-state index contributed by atoms with van der Waals surface area (Å²) >= 11 is 1.84. The van der Waals surface area contributed by atoms with Gasteiger partial charge in [-0.3, -0.25) is 9.98 Å².